The van der Waals surface area contributed by atoms with E-state index in [4.69, 9.17) is 10.7 Å². The highest BCUT2D eigenvalue weighted by Gasteiger charge is 1.97. The van der Waals surface area contributed by atoms with Crippen molar-refractivity contribution in [1.82, 2.24) is 0 Å². The molecular formula is C12H17ClO2S. The van der Waals surface area contributed by atoms with Crippen molar-refractivity contribution < 1.29 is 8.42 Å². The van der Waals surface area contributed by atoms with Crippen LogP contribution in [0.2, 0.25) is 0 Å². The minimum atomic E-state index is -3.32. The molecule has 90 valence electrons. The minimum Gasteiger partial charge on any atom is -0.212 e. The second-order valence-electron chi connectivity index (χ2n) is 3.51. The van der Waals surface area contributed by atoms with Gasteiger partial charge in [-0.05, 0) is 37.5 Å². The lowest BCUT2D eigenvalue weighted by atomic mass is 10.1. The first-order chi connectivity index (χ1) is 7.28. The van der Waals surface area contributed by atoms with Crippen LogP contribution in [0.15, 0.2) is 30.9 Å². The molecule has 0 aliphatic heterocycles. The Balaban J connectivity index is 0.000000293. The average Bonchev–Trinajstić information content (AvgIpc) is 2.13. The van der Waals surface area contributed by atoms with E-state index in [-0.39, 0.29) is 5.75 Å². The van der Waals surface area contributed by atoms with Crippen LogP contribution in [0.1, 0.15) is 16.7 Å². The van der Waals surface area contributed by atoms with Gasteiger partial charge in [0.1, 0.15) is 0 Å². The third kappa shape index (κ3) is 6.64. The van der Waals surface area contributed by atoms with E-state index in [1.807, 2.05) is 0 Å². The summed E-state index contributed by atoms with van der Waals surface area (Å²) in [5.41, 5.74) is 4.18. The van der Waals surface area contributed by atoms with E-state index >= 15 is 0 Å². The summed E-state index contributed by atoms with van der Waals surface area (Å²) in [6, 6.07) is 6.38. The van der Waals surface area contributed by atoms with Crippen molar-refractivity contribution in [2.75, 3.05) is 5.75 Å². The van der Waals surface area contributed by atoms with Gasteiger partial charge >= 0.3 is 0 Å². The van der Waals surface area contributed by atoms with Crippen LogP contribution >= 0.6 is 10.7 Å². The van der Waals surface area contributed by atoms with Gasteiger partial charge in [-0.3, -0.25) is 0 Å². The number of hydrogen-bond donors (Lipinski definition) is 0. The summed E-state index contributed by atoms with van der Waals surface area (Å²) in [6.07, 6.45) is 1.24. The molecule has 1 aromatic rings. The highest BCUT2D eigenvalue weighted by Crippen LogP contribution is 2.09. The van der Waals surface area contributed by atoms with Crippen molar-refractivity contribution in [3.63, 3.8) is 0 Å². The lowest BCUT2D eigenvalue weighted by Crippen LogP contribution is -1.90. The van der Waals surface area contributed by atoms with Crippen LogP contribution in [0.25, 0.3) is 0 Å². The Hall–Kier alpha value is -0.800. The smallest absolute Gasteiger partial charge is 0.212 e. The normalized spacial score (nSPS) is 10.2. The van der Waals surface area contributed by atoms with E-state index in [0.717, 1.165) is 0 Å². The third-order valence-corrected chi connectivity index (χ3v) is 3.20. The van der Waals surface area contributed by atoms with Crippen LogP contribution in [0.5, 0.6) is 0 Å². The molecule has 16 heavy (non-hydrogen) atoms. The fraction of sp³-hybridized carbons (Fsp3) is 0.333. The fourth-order valence-electron chi connectivity index (χ4n) is 1.04. The molecular weight excluding hydrogens is 244 g/mol. The molecule has 4 heteroatoms. The van der Waals surface area contributed by atoms with Gasteiger partial charge in [-0.2, -0.15) is 0 Å². The van der Waals surface area contributed by atoms with Crippen LogP contribution in [0.4, 0.5) is 0 Å². The molecule has 1 aromatic carbocycles. The van der Waals surface area contributed by atoms with Crippen molar-refractivity contribution in [3.8, 4) is 0 Å². The van der Waals surface area contributed by atoms with Gasteiger partial charge < -0.3 is 0 Å². The molecule has 2 nitrogen and oxygen atoms in total. The van der Waals surface area contributed by atoms with Crippen LogP contribution in [0.3, 0.4) is 0 Å². The molecule has 0 atom stereocenters. The molecule has 0 N–H and O–H groups in total. The molecule has 1 rings (SSSR count). The standard InChI is InChI=1S/C9H12.C3H5ClO2S/c1-7-5-4-6-8(2)9(7)3;1-2-3-7(4,5)6/h4-6H,1-3H3;2H,1,3H2. The van der Waals surface area contributed by atoms with Crippen LogP contribution in [-0.4, -0.2) is 14.2 Å². The molecule has 0 radical (unpaired) electrons. The summed E-state index contributed by atoms with van der Waals surface area (Å²) >= 11 is 0. The largest absolute Gasteiger partial charge is 0.236 e. The summed E-state index contributed by atoms with van der Waals surface area (Å²) in [5.74, 6) is -0.158. The molecule has 0 aliphatic carbocycles. The van der Waals surface area contributed by atoms with E-state index in [1.54, 1.807) is 0 Å². The first kappa shape index (κ1) is 15.2. The van der Waals surface area contributed by atoms with Gasteiger partial charge in [-0.15, -0.1) is 6.58 Å². The molecule has 0 saturated carbocycles. The number of aryl methyl sites for hydroxylation is 2. The van der Waals surface area contributed by atoms with Crippen molar-refractivity contribution >= 4 is 19.7 Å². The van der Waals surface area contributed by atoms with E-state index in [1.165, 1.54) is 22.8 Å². The predicted octanol–water partition coefficient (Wildman–Crippen LogP) is 3.35. The fourth-order valence-corrected chi connectivity index (χ4v) is 1.59. The van der Waals surface area contributed by atoms with Crippen molar-refractivity contribution in [1.29, 1.82) is 0 Å². The topological polar surface area (TPSA) is 34.1 Å². The lowest BCUT2D eigenvalue weighted by Gasteiger charge is -2.00. The van der Waals surface area contributed by atoms with Crippen LogP contribution in [-0.2, 0) is 9.05 Å². The van der Waals surface area contributed by atoms with Gasteiger partial charge in [0, 0.05) is 10.7 Å². The second-order valence-corrected chi connectivity index (χ2v) is 6.33. The molecule has 0 fully saturated rings. The monoisotopic (exact) mass is 260 g/mol. The highest BCUT2D eigenvalue weighted by atomic mass is 35.7. The van der Waals surface area contributed by atoms with Gasteiger partial charge in [-0.25, -0.2) is 8.42 Å². The first-order valence-corrected chi connectivity index (χ1v) is 7.32. The SMILES string of the molecule is C=CCS(=O)(=O)Cl.Cc1cccc(C)c1C. The summed E-state index contributed by atoms with van der Waals surface area (Å²) in [6.45, 7) is 9.62. The molecule has 0 spiro atoms. The van der Waals surface area contributed by atoms with Crippen molar-refractivity contribution in [2.45, 2.75) is 20.8 Å². The third-order valence-electron chi connectivity index (χ3n) is 2.19. The maximum absolute atomic E-state index is 9.93. The number of hydrogen-bond acceptors (Lipinski definition) is 2. The van der Waals surface area contributed by atoms with Gasteiger partial charge in [0.15, 0.2) is 0 Å². The summed E-state index contributed by atoms with van der Waals surface area (Å²) in [7, 11) is 1.41. The minimum absolute atomic E-state index is 0.158. The Morgan fingerprint density at radius 2 is 1.69 bits per heavy atom. The van der Waals surface area contributed by atoms with E-state index in [0.29, 0.717) is 0 Å². The van der Waals surface area contributed by atoms with Gasteiger partial charge in [0.25, 0.3) is 0 Å². The van der Waals surface area contributed by atoms with Gasteiger partial charge in [-0.1, -0.05) is 24.3 Å². The Morgan fingerprint density at radius 3 is 1.88 bits per heavy atom. The predicted molar refractivity (Wildman–Crippen MR) is 70.5 cm³/mol. The van der Waals surface area contributed by atoms with Gasteiger partial charge in [0.05, 0.1) is 5.75 Å². The molecule has 0 bridgehead atoms. The van der Waals surface area contributed by atoms with E-state index in [2.05, 4.69) is 45.5 Å². The van der Waals surface area contributed by atoms with Crippen molar-refractivity contribution in [2.24, 2.45) is 0 Å². The maximum Gasteiger partial charge on any atom is 0.236 e. The number of rotatable bonds is 2. The first-order valence-electron chi connectivity index (χ1n) is 4.84. The molecule has 0 unspecified atom stereocenters. The Labute approximate surface area is 102 Å². The summed E-state index contributed by atoms with van der Waals surface area (Å²) in [4.78, 5) is 0. The molecule has 0 aromatic heterocycles. The zero-order valence-electron chi connectivity index (χ0n) is 9.83. The zero-order chi connectivity index (χ0) is 12.8. The average molecular weight is 261 g/mol. The summed E-state index contributed by atoms with van der Waals surface area (Å²) in [5, 5.41) is 0. The van der Waals surface area contributed by atoms with Crippen molar-refractivity contribution in [3.05, 3.63) is 47.5 Å². The second kappa shape index (κ2) is 6.71. The van der Waals surface area contributed by atoms with Gasteiger partial charge in [0.2, 0.25) is 9.05 Å². The lowest BCUT2D eigenvalue weighted by molar-refractivity contribution is 0.612. The van der Waals surface area contributed by atoms with E-state index < -0.39 is 9.05 Å². The quantitative estimate of drug-likeness (QED) is 0.604. The van der Waals surface area contributed by atoms with Crippen LogP contribution in [0, 0.1) is 20.8 Å². The molecule has 0 aliphatic rings. The Kier molecular flexibility index (Phi) is 6.38. The summed E-state index contributed by atoms with van der Waals surface area (Å²) < 4.78 is 19.9. The molecule has 0 saturated heterocycles. The molecule has 0 amide bonds. The highest BCUT2D eigenvalue weighted by molar-refractivity contribution is 8.13. The number of benzene rings is 1. The Morgan fingerprint density at radius 1 is 1.25 bits per heavy atom. The van der Waals surface area contributed by atoms with Crippen LogP contribution < -0.4 is 0 Å². The zero-order valence-corrected chi connectivity index (χ0v) is 11.4. The van der Waals surface area contributed by atoms with E-state index in [9.17, 15) is 8.42 Å². The maximum atomic E-state index is 9.93. The molecule has 0 heterocycles. The number of halogens is 1. The Bertz CT molecular complexity index is 430.